The van der Waals surface area contributed by atoms with Gasteiger partial charge in [0.1, 0.15) is 0 Å². The molecule has 0 radical (unpaired) electrons. The molecule has 3 heterocycles. The standard InChI is InChI=1S/C17H20N2O/c20-17(8-11-19-10-3-6-14(19)12-17)15-7-1-4-13-5-2-9-18-16(13)15/h1-2,4-5,7,9,14,20H,3,6,8,10-12H2. The van der Waals surface area contributed by atoms with Gasteiger partial charge in [0.25, 0.3) is 0 Å². The van der Waals surface area contributed by atoms with E-state index < -0.39 is 5.60 Å². The SMILES string of the molecule is OC1(c2cccc3cccnc23)CCN2CCCC2C1. The van der Waals surface area contributed by atoms with Gasteiger partial charge in [-0.05, 0) is 38.3 Å². The number of rotatable bonds is 1. The molecule has 0 bridgehead atoms. The first-order valence-corrected chi connectivity index (χ1v) is 7.57. The minimum atomic E-state index is -0.709. The minimum Gasteiger partial charge on any atom is -0.385 e. The predicted octanol–water partition coefficient (Wildman–Crippen LogP) is 2.68. The topological polar surface area (TPSA) is 36.4 Å². The Morgan fingerprint density at radius 1 is 1.20 bits per heavy atom. The number of hydrogen-bond donors (Lipinski definition) is 1. The second-order valence-corrected chi connectivity index (χ2v) is 6.20. The number of benzene rings is 1. The summed E-state index contributed by atoms with van der Waals surface area (Å²) in [5.74, 6) is 0. The molecule has 4 rings (SSSR count). The molecule has 3 heteroatoms. The van der Waals surface area contributed by atoms with Crippen molar-refractivity contribution in [3.8, 4) is 0 Å². The van der Waals surface area contributed by atoms with Crippen LogP contribution in [0.5, 0.6) is 0 Å². The van der Waals surface area contributed by atoms with E-state index in [9.17, 15) is 5.11 Å². The molecule has 2 aliphatic rings. The van der Waals surface area contributed by atoms with Gasteiger partial charge in [-0.25, -0.2) is 0 Å². The lowest BCUT2D eigenvalue weighted by atomic mass is 9.80. The quantitative estimate of drug-likeness (QED) is 0.864. The van der Waals surface area contributed by atoms with Crippen molar-refractivity contribution in [1.82, 2.24) is 9.88 Å². The summed E-state index contributed by atoms with van der Waals surface area (Å²) in [6.07, 6.45) is 5.98. The van der Waals surface area contributed by atoms with Crippen molar-refractivity contribution in [3.63, 3.8) is 0 Å². The van der Waals surface area contributed by atoms with Gasteiger partial charge in [0.15, 0.2) is 0 Å². The molecule has 1 aromatic heterocycles. The molecule has 2 aromatic rings. The summed E-state index contributed by atoms with van der Waals surface area (Å²) >= 11 is 0. The van der Waals surface area contributed by atoms with Gasteiger partial charge in [-0.1, -0.05) is 24.3 Å². The van der Waals surface area contributed by atoms with Crippen LogP contribution in [0.1, 0.15) is 31.2 Å². The first kappa shape index (κ1) is 12.3. The molecule has 0 saturated carbocycles. The fraction of sp³-hybridized carbons (Fsp3) is 0.471. The summed E-state index contributed by atoms with van der Waals surface area (Å²) in [4.78, 5) is 7.05. The maximum atomic E-state index is 11.2. The molecule has 20 heavy (non-hydrogen) atoms. The lowest BCUT2D eigenvalue weighted by molar-refractivity contribution is -0.0398. The summed E-state index contributed by atoms with van der Waals surface area (Å²) < 4.78 is 0. The van der Waals surface area contributed by atoms with E-state index in [2.05, 4.69) is 28.1 Å². The highest BCUT2D eigenvalue weighted by Gasteiger charge is 2.42. The highest BCUT2D eigenvalue weighted by molar-refractivity contribution is 5.82. The molecule has 1 N–H and O–H groups in total. The van der Waals surface area contributed by atoms with Crippen LogP contribution < -0.4 is 0 Å². The fourth-order valence-electron chi connectivity index (χ4n) is 3.97. The van der Waals surface area contributed by atoms with Crippen LogP contribution in [0, 0.1) is 0 Å². The zero-order valence-corrected chi connectivity index (χ0v) is 11.6. The Labute approximate surface area is 119 Å². The molecule has 1 aromatic carbocycles. The van der Waals surface area contributed by atoms with Gasteiger partial charge in [0.2, 0.25) is 0 Å². The zero-order chi connectivity index (χ0) is 13.6. The lowest BCUT2D eigenvalue weighted by Gasteiger charge is -2.41. The van der Waals surface area contributed by atoms with Crippen LogP contribution in [0.3, 0.4) is 0 Å². The maximum Gasteiger partial charge on any atom is 0.0944 e. The molecular formula is C17H20N2O. The molecule has 2 fully saturated rings. The summed E-state index contributed by atoms with van der Waals surface area (Å²) in [6.45, 7) is 2.21. The van der Waals surface area contributed by atoms with Gasteiger partial charge in [-0.3, -0.25) is 4.98 Å². The first-order chi connectivity index (χ1) is 9.76. The van der Waals surface area contributed by atoms with E-state index in [1.54, 1.807) is 0 Å². The Morgan fingerprint density at radius 2 is 2.10 bits per heavy atom. The van der Waals surface area contributed by atoms with Gasteiger partial charge in [0, 0.05) is 29.7 Å². The average Bonchev–Trinajstić information content (AvgIpc) is 2.93. The third-order valence-corrected chi connectivity index (χ3v) is 5.02. The average molecular weight is 268 g/mol. The number of aromatic nitrogens is 1. The van der Waals surface area contributed by atoms with Crippen LogP contribution >= 0.6 is 0 Å². The number of piperidine rings is 1. The summed E-state index contributed by atoms with van der Waals surface area (Å²) in [5.41, 5.74) is 1.27. The van der Waals surface area contributed by atoms with Crippen LogP contribution in [0.15, 0.2) is 36.5 Å². The van der Waals surface area contributed by atoms with E-state index in [0.717, 1.165) is 35.9 Å². The van der Waals surface area contributed by atoms with Crippen molar-refractivity contribution in [3.05, 3.63) is 42.1 Å². The molecule has 0 amide bonds. The van der Waals surface area contributed by atoms with Crippen molar-refractivity contribution in [2.45, 2.75) is 37.3 Å². The molecule has 0 spiro atoms. The number of fused-ring (bicyclic) bond motifs is 2. The Kier molecular flexibility index (Phi) is 2.79. The highest BCUT2D eigenvalue weighted by atomic mass is 16.3. The Hall–Kier alpha value is -1.45. The number of nitrogens with zero attached hydrogens (tertiary/aromatic N) is 2. The summed E-state index contributed by atoms with van der Waals surface area (Å²) in [6, 6.07) is 10.7. The molecule has 0 aliphatic carbocycles. The van der Waals surface area contributed by atoms with Gasteiger partial charge >= 0.3 is 0 Å². The number of pyridine rings is 1. The van der Waals surface area contributed by atoms with Crippen LogP contribution in [-0.2, 0) is 5.60 Å². The third-order valence-electron chi connectivity index (χ3n) is 5.02. The van der Waals surface area contributed by atoms with E-state index in [0.29, 0.717) is 6.04 Å². The Bertz CT molecular complexity index is 636. The lowest BCUT2D eigenvalue weighted by Crippen LogP contribution is -2.46. The van der Waals surface area contributed by atoms with Crippen molar-refractivity contribution in [2.24, 2.45) is 0 Å². The van der Waals surface area contributed by atoms with Crippen LogP contribution in [0.2, 0.25) is 0 Å². The second kappa shape index (κ2) is 4.54. The van der Waals surface area contributed by atoms with Gasteiger partial charge < -0.3 is 10.0 Å². The number of hydrogen-bond acceptors (Lipinski definition) is 3. The second-order valence-electron chi connectivity index (χ2n) is 6.20. The summed E-state index contributed by atoms with van der Waals surface area (Å²) in [5, 5.41) is 12.3. The predicted molar refractivity (Wildman–Crippen MR) is 79.5 cm³/mol. The van der Waals surface area contributed by atoms with Crippen molar-refractivity contribution in [2.75, 3.05) is 13.1 Å². The molecule has 104 valence electrons. The Morgan fingerprint density at radius 3 is 3.05 bits per heavy atom. The van der Waals surface area contributed by atoms with E-state index in [-0.39, 0.29) is 0 Å². The molecule has 3 nitrogen and oxygen atoms in total. The Balaban J connectivity index is 1.78. The maximum absolute atomic E-state index is 11.2. The monoisotopic (exact) mass is 268 g/mol. The number of para-hydroxylation sites is 1. The van der Waals surface area contributed by atoms with Gasteiger partial charge in [-0.2, -0.15) is 0 Å². The zero-order valence-electron chi connectivity index (χ0n) is 11.6. The molecule has 2 aliphatic heterocycles. The third kappa shape index (κ3) is 1.85. The smallest absolute Gasteiger partial charge is 0.0944 e. The van der Waals surface area contributed by atoms with Crippen LogP contribution in [0.25, 0.3) is 10.9 Å². The molecular weight excluding hydrogens is 248 g/mol. The van der Waals surface area contributed by atoms with Crippen LogP contribution in [0.4, 0.5) is 0 Å². The first-order valence-electron chi connectivity index (χ1n) is 7.57. The van der Waals surface area contributed by atoms with E-state index in [1.807, 2.05) is 18.3 Å². The van der Waals surface area contributed by atoms with Gasteiger partial charge in [0.05, 0.1) is 11.1 Å². The van der Waals surface area contributed by atoms with E-state index in [4.69, 9.17) is 0 Å². The molecule has 2 saturated heterocycles. The molecule has 2 unspecified atom stereocenters. The van der Waals surface area contributed by atoms with Crippen molar-refractivity contribution in [1.29, 1.82) is 0 Å². The largest absolute Gasteiger partial charge is 0.385 e. The summed E-state index contributed by atoms with van der Waals surface area (Å²) in [7, 11) is 0. The van der Waals surface area contributed by atoms with E-state index in [1.165, 1.54) is 19.4 Å². The minimum absolute atomic E-state index is 0.549. The van der Waals surface area contributed by atoms with Crippen molar-refractivity contribution >= 4 is 10.9 Å². The van der Waals surface area contributed by atoms with E-state index >= 15 is 0 Å². The van der Waals surface area contributed by atoms with Crippen LogP contribution in [-0.4, -0.2) is 34.1 Å². The molecule has 2 atom stereocenters. The van der Waals surface area contributed by atoms with Gasteiger partial charge in [-0.15, -0.1) is 0 Å². The van der Waals surface area contributed by atoms with Crippen molar-refractivity contribution < 1.29 is 5.11 Å². The highest BCUT2D eigenvalue weighted by Crippen LogP contribution is 2.41. The fourth-order valence-corrected chi connectivity index (χ4v) is 3.97. The number of aliphatic hydroxyl groups is 1. The normalized spacial score (nSPS) is 30.6.